The van der Waals surface area contributed by atoms with Crippen molar-refractivity contribution in [2.75, 3.05) is 11.5 Å². The van der Waals surface area contributed by atoms with E-state index >= 15 is 0 Å². The summed E-state index contributed by atoms with van der Waals surface area (Å²) in [6, 6.07) is 11.3. The molecule has 0 fully saturated rings. The highest BCUT2D eigenvalue weighted by Gasteiger charge is 2.44. The largest absolute Gasteiger partial charge is 0.456 e. The molecular formula is C20H13ClF3NO3. The molecule has 144 valence electrons. The lowest BCUT2D eigenvalue weighted by Gasteiger charge is -2.32. The standard InChI is InChI=1S/C20H13ClF3NO3/c21-15-7-2-1-6-13(15)14-9-17(26)25(16-10-28-19(27)18(14)16)12-5-3-4-11(8-12)20(22,23)24/h1-8,14H,9-10H2/t14-/m1/s1. The van der Waals surface area contributed by atoms with Gasteiger partial charge in [-0.05, 0) is 29.8 Å². The molecular weight excluding hydrogens is 395 g/mol. The van der Waals surface area contributed by atoms with E-state index in [-0.39, 0.29) is 30.0 Å². The Labute approximate surface area is 163 Å². The Morgan fingerprint density at radius 2 is 1.82 bits per heavy atom. The number of esters is 1. The summed E-state index contributed by atoms with van der Waals surface area (Å²) in [5, 5.41) is 0.402. The third-order valence-electron chi connectivity index (χ3n) is 4.83. The fourth-order valence-electron chi connectivity index (χ4n) is 3.60. The lowest BCUT2D eigenvalue weighted by Crippen LogP contribution is -2.37. The zero-order chi connectivity index (χ0) is 20.1. The first kappa shape index (κ1) is 18.6. The van der Waals surface area contributed by atoms with Crippen LogP contribution in [-0.4, -0.2) is 18.5 Å². The summed E-state index contributed by atoms with van der Waals surface area (Å²) >= 11 is 6.24. The molecule has 2 heterocycles. The molecule has 0 aliphatic carbocycles. The van der Waals surface area contributed by atoms with Crippen molar-refractivity contribution in [1.82, 2.24) is 0 Å². The fourth-order valence-corrected chi connectivity index (χ4v) is 3.87. The minimum absolute atomic E-state index is 0.0447. The van der Waals surface area contributed by atoms with E-state index in [0.29, 0.717) is 10.6 Å². The Balaban J connectivity index is 1.84. The van der Waals surface area contributed by atoms with Crippen LogP contribution in [0.4, 0.5) is 18.9 Å². The number of cyclic esters (lactones) is 1. The zero-order valence-corrected chi connectivity index (χ0v) is 15.1. The van der Waals surface area contributed by atoms with E-state index in [1.807, 2.05) is 0 Å². The van der Waals surface area contributed by atoms with Crippen LogP contribution in [0.3, 0.4) is 0 Å². The predicted octanol–water partition coefficient (Wildman–Crippen LogP) is 4.69. The molecule has 0 saturated carbocycles. The lowest BCUT2D eigenvalue weighted by molar-refractivity contribution is -0.138. The van der Waals surface area contributed by atoms with Crippen molar-refractivity contribution in [3.05, 3.63) is 76.0 Å². The number of hydrogen-bond donors (Lipinski definition) is 0. The van der Waals surface area contributed by atoms with Crippen LogP contribution in [-0.2, 0) is 20.5 Å². The second-order valence-corrected chi connectivity index (χ2v) is 6.90. The van der Waals surface area contributed by atoms with Crippen molar-refractivity contribution in [2.45, 2.75) is 18.5 Å². The number of carbonyl (C=O) groups excluding carboxylic acids is 2. The van der Waals surface area contributed by atoms with Crippen molar-refractivity contribution in [1.29, 1.82) is 0 Å². The van der Waals surface area contributed by atoms with Gasteiger partial charge in [0.05, 0.1) is 16.8 Å². The molecule has 1 amide bonds. The summed E-state index contributed by atoms with van der Waals surface area (Å²) < 4.78 is 44.4. The molecule has 0 saturated heterocycles. The SMILES string of the molecule is O=C1OCC2=C1[C@@H](c1ccccc1Cl)CC(=O)N2c1cccc(C(F)(F)F)c1. The maximum Gasteiger partial charge on any atom is 0.416 e. The van der Waals surface area contributed by atoms with Crippen molar-refractivity contribution in [2.24, 2.45) is 0 Å². The van der Waals surface area contributed by atoms with Crippen LogP contribution >= 0.6 is 11.6 Å². The van der Waals surface area contributed by atoms with Gasteiger partial charge in [-0.15, -0.1) is 0 Å². The van der Waals surface area contributed by atoms with Gasteiger partial charge in [-0.25, -0.2) is 4.79 Å². The average molecular weight is 408 g/mol. The molecule has 0 bridgehead atoms. The normalized spacial score (nSPS) is 19.7. The maximum atomic E-state index is 13.1. The highest BCUT2D eigenvalue weighted by molar-refractivity contribution is 6.31. The fraction of sp³-hybridized carbons (Fsp3) is 0.200. The Morgan fingerprint density at radius 3 is 2.54 bits per heavy atom. The lowest BCUT2D eigenvalue weighted by atomic mass is 9.84. The monoisotopic (exact) mass is 407 g/mol. The average Bonchev–Trinajstić information content (AvgIpc) is 3.02. The van der Waals surface area contributed by atoms with E-state index < -0.39 is 29.5 Å². The van der Waals surface area contributed by atoms with Crippen LogP contribution in [0, 0.1) is 0 Å². The minimum Gasteiger partial charge on any atom is -0.456 e. The molecule has 4 nitrogen and oxygen atoms in total. The summed E-state index contributed by atoms with van der Waals surface area (Å²) in [6.45, 7) is -0.183. The number of benzene rings is 2. The van der Waals surface area contributed by atoms with Gasteiger partial charge in [0, 0.05) is 23.0 Å². The molecule has 0 aromatic heterocycles. The van der Waals surface area contributed by atoms with Crippen LogP contribution in [0.5, 0.6) is 0 Å². The smallest absolute Gasteiger partial charge is 0.416 e. The van der Waals surface area contributed by atoms with Crippen LogP contribution in [0.1, 0.15) is 23.5 Å². The Morgan fingerprint density at radius 1 is 1.07 bits per heavy atom. The van der Waals surface area contributed by atoms with Crippen LogP contribution in [0.25, 0.3) is 0 Å². The first-order valence-electron chi connectivity index (χ1n) is 8.42. The van der Waals surface area contributed by atoms with Gasteiger partial charge in [0.15, 0.2) is 0 Å². The number of nitrogens with zero attached hydrogens (tertiary/aromatic N) is 1. The number of amides is 1. The molecule has 8 heteroatoms. The van der Waals surface area contributed by atoms with E-state index in [4.69, 9.17) is 16.3 Å². The van der Waals surface area contributed by atoms with Gasteiger partial charge in [0.25, 0.3) is 0 Å². The van der Waals surface area contributed by atoms with Gasteiger partial charge in [0.1, 0.15) is 6.61 Å². The van der Waals surface area contributed by atoms with E-state index in [0.717, 1.165) is 17.0 Å². The number of rotatable bonds is 2. The highest BCUT2D eigenvalue weighted by atomic mass is 35.5. The number of carbonyl (C=O) groups is 2. The van der Waals surface area contributed by atoms with E-state index in [9.17, 15) is 22.8 Å². The van der Waals surface area contributed by atoms with Crippen LogP contribution in [0.2, 0.25) is 5.02 Å². The summed E-state index contributed by atoms with van der Waals surface area (Å²) in [5.41, 5.74) is 0.282. The van der Waals surface area contributed by atoms with Gasteiger partial charge in [-0.3, -0.25) is 9.69 Å². The Kier molecular flexibility index (Phi) is 4.42. The minimum atomic E-state index is -4.55. The molecule has 2 aromatic carbocycles. The summed E-state index contributed by atoms with van der Waals surface area (Å²) in [5.74, 6) is -1.63. The van der Waals surface area contributed by atoms with Gasteiger partial charge in [-0.1, -0.05) is 35.9 Å². The molecule has 2 aliphatic rings. The Hall–Kier alpha value is -2.80. The summed E-state index contributed by atoms with van der Waals surface area (Å²) in [6.07, 6.45) is -4.65. The topological polar surface area (TPSA) is 46.6 Å². The maximum absolute atomic E-state index is 13.1. The van der Waals surface area contributed by atoms with Crippen molar-refractivity contribution < 1.29 is 27.5 Å². The molecule has 2 aromatic rings. The quantitative estimate of drug-likeness (QED) is 0.678. The van der Waals surface area contributed by atoms with Crippen molar-refractivity contribution in [3.63, 3.8) is 0 Å². The molecule has 0 N–H and O–H groups in total. The molecule has 1 atom stereocenters. The van der Waals surface area contributed by atoms with E-state index in [1.165, 1.54) is 12.1 Å². The molecule has 4 rings (SSSR count). The zero-order valence-electron chi connectivity index (χ0n) is 14.3. The van der Waals surface area contributed by atoms with Gasteiger partial charge in [-0.2, -0.15) is 13.2 Å². The van der Waals surface area contributed by atoms with Crippen molar-refractivity contribution >= 4 is 29.2 Å². The number of hydrogen-bond acceptors (Lipinski definition) is 3. The van der Waals surface area contributed by atoms with Crippen LogP contribution in [0.15, 0.2) is 59.8 Å². The molecule has 0 unspecified atom stereocenters. The summed E-state index contributed by atoms with van der Waals surface area (Å²) in [4.78, 5) is 26.4. The molecule has 28 heavy (non-hydrogen) atoms. The third-order valence-corrected chi connectivity index (χ3v) is 5.17. The molecule has 2 aliphatic heterocycles. The number of anilines is 1. The predicted molar refractivity (Wildman–Crippen MR) is 95.7 cm³/mol. The van der Waals surface area contributed by atoms with Crippen LogP contribution < -0.4 is 4.90 Å². The molecule has 0 radical (unpaired) electrons. The number of halogens is 4. The third kappa shape index (κ3) is 3.05. The highest BCUT2D eigenvalue weighted by Crippen LogP contribution is 2.44. The first-order chi connectivity index (χ1) is 13.3. The molecule has 0 spiro atoms. The summed E-state index contributed by atoms with van der Waals surface area (Å²) in [7, 11) is 0. The van der Waals surface area contributed by atoms with E-state index in [2.05, 4.69) is 0 Å². The second kappa shape index (κ2) is 6.67. The number of ether oxygens (including phenoxy) is 1. The second-order valence-electron chi connectivity index (χ2n) is 6.49. The number of alkyl halides is 3. The van der Waals surface area contributed by atoms with Gasteiger partial charge >= 0.3 is 12.1 Å². The van der Waals surface area contributed by atoms with E-state index in [1.54, 1.807) is 24.3 Å². The van der Waals surface area contributed by atoms with Gasteiger partial charge < -0.3 is 4.74 Å². The van der Waals surface area contributed by atoms with Gasteiger partial charge in [0.2, 0.25) is 5.91 Å². The first-order valence-corrected chi connectivity index (χ1v) is 8.80. The Bertz CT molecular complexity index is 1020. The van der Waals surface area contributed by atoms with Crippen molar-refractivity contribution in [3.8, 4) is 0 Å².